The normalized spacial score (nSPS) is 23.1. The molecule has 0 amide bonds. The van der Waals surface area contributed by atoms with Gasteiger partial charge in [-0.25, -0.2) is 4.98 Å². The lowest BCUT2D eigenvalue weighted by atomic mass is 10.1. The van der Waals surface area contributed by atoms with Gasteiger partial charge in [-0.1, -0.05) is 11.6 Å². The molecule has 2 saturated heterocycles. The van der Waals surface area contributed by atoms with Gasteiger partial charge in [0.15, 0.2) is 5.78 Å². The molecule has 0 aromatic carbocycles. The molecule has 9 heteroatoms. The number of allylic oxidation sites excluding steroid dienone is 1. The van der Waals surface area contributed by atoms with E-state index >= 15 is 0 Å². The number of nitrogens with zero attached hydrogens (tertiary/aromatic N) is 5. The Hall–Kier alpha value is -2.71. The highest BCUT2D eigenvalue weighted by molar-refractivity contribution is 6.44. The molecular formula is C23H26ClN5O3. The Morgan fingerprint density at radius 3 is 2.94 bits per heavy atom. The van der Waals surface area contributed by atoms with Crippen LogP contribution in [0.3, 0.4) is 0 Å². The van der Waals surface area contributed by atoms with E-state index in [2.05, 4.69) is 21.8 Å². The maximum Gasteiger partial charge on any atom is 0.214 e. The molecule has 32 heavy (non-hydrogen) atoms. The van der Waals surface area contributed by atoms with Crippen molar-refractivity contribution in [1.82, 2.24) is 19.7 Å². The second-order valence-electron chi connectivity index (χ2n) is 8.46. The SMILES string of the molecule is Cc1nn(CC2CCO2)c(C)c1-c1ccnc(O[C@@H]2CCN(C3=C(Cl)C(=O)CN=C3)C2)c1. The summed E-state index contributed by atoms with van der Waals surface area (Å²) >= 11 is 6.21. The molecule has 2 aromatic heterocycles. The van der Waals surface area contributed by atoms with Crippen molar-refractivity contribution in [1.29, 1.82) is 0 Å². The molecule has 0 N–H and O–H groups in total. The van der Waals surface area contributed by atoms with Crippen molar-refractivity contribution in [2.75, 3.05) is 26.2 Å². The van der Waals surface area contributed by atoms with Gasteiger partial charge in [-0.05, 0) is 31.9 Å². The predicted octanol–water partition coefficient (Wildman–Crippen LogP) is 2.91. The molecule has 0 saturated carbocycles. The number of hydrogen-bond donors (Lipinski definition) is 0. The number of aromatic nitrogens is 3. The van der Waals surface area contributed by atoms with Crippen LogP contribution in [0.15, 0.2) is 34.1 Å². The van der Waals surface area contributed by atoms with Crippen molar-refractivity contribution >= 4 is 23.6 Å². The van der Waals surface area contributed by atoms with Gasteiger partial charge in [-0.3, -0.25) is 14.5 Å². The summed E-state index contributed by atoms with van der Waals surface area (Å²) in [5.41, 5.74) is 4.93. The van der Waals surface area contributed by atoms with E-state index in [0.29, 0.717) is 18.1 Å². The van der Waals surface area contributed by atoms with Gasteiger partial charge in [-0.15, -0.1) is 0 Å². The first-order chi connectivity index (χ1) is 15.5. The average Bonchev–Trinajstić information content (AvgIpc) is 3.31. The Morgan fingerprint density at radius 2 is 2.16 bits per heavy atom. The van der Waals surface area contributed by atoms with Crippen LogP contribution in [0.25, 0.3) is 11.1 Å². The number of aryl methyl sites for hydroxylation is 1. The number of halogens is 1. The molecule has 0 aliphatic carbocycles. The van der Waals surface area contributed by atoms with E-state index in [0.717, 1.165) is 55.1 Å². The zero-order valence-electron chi connectivity index (χ0n) is 18.3. The Labute approximate surface area is 191 Å². The quantitative estimate of drug-likeness (QED) is 0.666. The van der Waals surface area contributed by atoms with E-state index in [4.69, 9.17) is 26.2 Å². The van der Waals surface area contributed by atoms with Crippen LogP contribution in [-0.2, 0) is 16.1 Å². The Morgan fingerprint density at radius 1 is 1.31 bits per heavy atom. The highest BCUT2D eigenvalue weighted by Crippen LogP contribution is 2.31. The summed E-state index contributed by atoms with van der Waals surface area (Å²) < 4.78 is 13.8. The van der Waals surface area contributed by atoms with Gasteiger partial charge < -0.3 is 14.4 Å². The minimum atomic E-state index is -0.141. The first kappa shape index (κ1) is 21.2. The summed E-state index contributed by atoms with van der Waals surface area (Å²) in [6.07, 6.45) is 5.58. The summed E-state index contributed by atoms with van der Waals surface area (Å²) in [7, 11) is 0. The molecule has 5 heterocycles. The summed E-state index contributed by atoms with van der Waals surface area (Å²) in [4.78, 5) is 22.4. The summed E-state index contributed by atoms with van der Waals surface area (Å²) in [5.74, 6) is 0.440. The van der Waals surface area contributed by atoms with Gasteiger partial charge in [-0.2, -0.15) is 5.10 Å². The van der Waals surface area contributed by atoms with Crippen LogP contribution in [0.5, 0.6) is 5.88 Å². The molecule has 2 atom stereocenters. The zero-order chi connectivity index (χ0) is 22.2. The Bertz CT molecular complexity index is 1110. The molecule has 5 rings (SSSR count). The number of ether oxygens (including phenoxy) is 2. The molecule has 3 aliphatic rings. The molecule has 8 nitrogen and oxygen atoms in total. The van der Waals surface area contributed by atoms with Gasteiger partial charge >= 0.3 is 0 Å². The summed E-state index contributed by atoms with van der Waals surface area (Å²) in [5, 5.41) is 4.99. The number of ketones is 1. The molecule has 2 aromatic rings. The summed E-state index contributed by atoms with van der Waals surface area (Å²) in [6, 6.07) is 3.96. The second-order valence-corrected chi connectivity index (χ2v) is 8.84. The van der Waals surface area contributed by atoms with Gasteiger partial charge in [0, 0.05) is 49.3 Å². The fourth-order valence-corrected chi connectivity index (χ4v) is 4.69. The number of pyridine rings is 1. The van der Waals surface area contributed by atoms with Crippen LogP contribution in [0, 0.1) is 13.8 Å². The van der Waals surface area contributed by atoms with Crippen molar-refractivity contribution in [3.05, 3.63) is 40.4 Å². The van der Waals surface area contributed by atoms with Gasteiger partial charge in [0.1, 0.15) is 17.7 Å². The standard InChI is InChI=1S/C23H26ClN5O3/c1-14-22(15(2)29(27-14)13-17-5-8-31-17)16-3-6-26-21(9-16)32-18-4-7-28(12-18)19-10-25-11-20(30)23(19)24/h3,6,9-10,17-18H,4-5,7-8,11-13H2,1-2H3/t17?,18-/m1/s1. The smallest absolute Gasteiger partial charge is 0.214 e. The number of carbonyl (C=O) groups is 1. The number of aliphatic imine (C=N–C) groups is 1. The molecule has 168 valence electrons. The van der Waals surface area contributed by atoms with E-state index in [1.54, 1.807) is 12.4 Å². The molecule has 3 aliphatic heterocycles. The highest BCUT2D eigenvalue weighted by Gasteiger charge is 2.29. The number of likely N-dealkylation sites (tertiary alicyclic amines) is 1. The molecule has 2 fully saturated rings. The number of rotatable bonds is 6. The number of carbonyl (C=O) groups excluding carboxylic acids is 1. The fraction of sp³-hybridized carbons (Fsp3) is 0.478. The number of hydrogen-bond acceptors (Lipinski definition) is 7. The predicted molar refractivity (Wildman–Crippen MR) is 121 cm³/mol. The van der Waals surface area contributed by atoms with E-state index in [1.165, 1.54) is 0 Å². The van der Waals surface area contributed by atoms with Crippen molar-refractivity contribution in [2.45, 2.75) is 45.4 Å². The van der Waals surface area contributed by atoms with Gasteiger partial charge in [0.2, 0.25) is 5.88 Å². The molecule has 1 unspecified atom stereocenters. The Balaban J connectivity index is 1.30. The molecular weight excluding hydrogens is 430 g/mol. The van der Waals surface area contributed by atoms with Gasteiger partial charge in [0.25, 0.3) is 0 Å². The number of dihydropyridines is 1. The minimum absolute atomic E-state index is 0.0409. The monoisotopic (exact) mass is 455 g/mol. The largest absolute Gasteiger partial charge is 0.472 e. The fourth-order valence-electron chi connectivity index (χ4n) is 4.46. The van der Waals surface area contributed by atoms with Crippen molar-refractivity contribution in [3.63, 3.8) is 0 Å². The first-order valence-electron chi connectivity index (χ1n) is 11.0. The van der Waals surface area contributed by atoms with Crippen molar-refractivity contribution < 1.29 is 14.3 Å². The maximum absolute atomic E-state index is 11.9. The van der Waals surface area contributed by atoms with Crippen LogP contribution < -0.4 is 4.74 Å². The van der Waals surface area contributed by atoms with Crippen LogP contribution in [0.4, 0.5) is 0 Å². The average molecular weight is 456 g/mol. The third kappa shape index (κ3) is 4.04. The lowest BCUT2D eigenvalue weighted by Crippen LogP contribution is -2.31. The highest BCUT2D eigenvalue weighted by atomic mass is 35.5. The van der Waals surface area contributed by atoms with Crippen LogP contribution in [-0.4, -0.2) is 70.1 Å². The Kier molecular flexibility index (Phi) is 5.73. The van der Waals surface area contributed by atoms with E-state index in [-0.39, 0.29) is 29.6 Å². The van der Waals surface area contributed by atoms with Crippen LogP contribution >= 0.6 is 11.6 Å². The minimum Gasteiger partial charge on any atom is -0.472 e. The topological polar surface area (TPSA) is 81.8 Å². The van der Waals surface area contributed by atoms with Crippen molar-refractivity contribution in [3.8, 4) is 17.0 Å². The maximum atomic E-state index is 11.9. The molecule has 0 spiro atoms. The summed E-state index contributed by atoms with van der Waals surface area (Å²) in [6.45, 7) is 7.25. The van der Waals surface area contributed by atoms with E-state index < -0.39 is 0 Å². The zero-order valence-corrected chi connectivity index (χ0v) is 19.0. The van der Waals surface area contributed by atoms with E-state index in [9.17, 15) is 4.79 Å². The van der Waals surface area contributed by atoms with Crippen LogP contribution in [0.2, 0.25) is 0 Å². The first-order valence-corrected chi connectivity index (χ1v) is 11.3. The second kappa shape index (κ2) is 8.67. The van der Waals surface area contributed by atoms with Gasteiger partial charge in [0.05, 0.1) is 30.6 Å². The van der Waals surface area contributed by atoms with E-state index in [1.807, 2.05) is 23.7 Å². The lowest BCUT2D eigenvalue weighted by molar-refractivity contribution is -0.113. The van der Waals surface area contributed by atoms with Crippen molar-refractivity contribution in [2.24, 2.45) is 4.99 Å². The third-order valence-corrected chi connectivity index (χ3v) is 6.67. The molecule has 0 radical (unpaired) electrons. The number of Topliss-reactive ketones (excluding diaryl/α,β-unsaturated/α-hetero) is 1. The van der Waals surface area contributed by atoms with Crippen LogP contribution in [0.1, 0.15) is 24.2 Å². The molecule has 0 bridgehead atoms. The third-order valence-electron chi connectivity index (χ3n) is 6.27. The lowest BCUT2D eigenvalue weighted by Gasteiger charge is -2.26.